The van der Waals surface area contributed by atoms with Gasteiger partial charge in [-0.3, -0.25) is 19.0 Å². The second kappa shape index (κ2) is 8.67. The minimum atomic E-state index is -0.677. The van der Waals surface area contributed by atoms with E-state index in [0.717, 1.165) is 4.57 Å². The highest BCUT2D eigenvalue weighted by Gasteiger charge is 2.35. The number of carbonyl (C=O) groups excluding carboxylic acids is 2. The van der Waals surface area contributed by atoms with Gasteiger partial charge in [0.2, 0.25) is 5.95 Å². The summed E-state index contributed by atoms with van der Waals surface area (Å²) in [6.07, 6.45) is 0.0968. The normalized spacial score (nSPS) is 20.0. The molecule has 2 atom stereocenters. The first-order chi connectivity index (χ1) is 12.9. The molecule has 1 fully saturated rings. The number of rotatable bonds is 4. The van der Waals surface area contributed by atoms with Crippen LogP contribution in [0.3, 0.4) is 0 Å². The van der Waals surface area contributed by atoms with Gasteiger partial charge in [0.25, 0.3) is 5.56 Å². The van der Waals surface area contributed by atoms with Crippen LogP contribution in [0.5, 0.6) is 0 Å². The summed E-state index contributed by atoms with van der Waals surface area (Å²) in [7, 11) is 1.20. The number of hydrogen-bond donors (Lipinski definition) is 1. The summed E-state index contributed by atoms with van der Waals surface area (Å²) in [6, 6.07) is 0. The first-order valence-electron chi connectivity index (χ1n) is 8.72. The van der Waals surface area contributed by atoms with E-state index < -0.39 is 29.8 Å². The molecule has 156 valence electrons. The van der Waals surface area contributed by atoms with E-state index in [2.05, 4.69) is 9.72 Å². The summed E-state index contributed by atoms with van der Waals surface area (Å²) in [5.41, 5.74) is 4.97. The van der Waals surface area contributed by atoms with Gasteiger partial charge in [-0.25, -0.2) is 4.98 Å². The van der Waals surface area contributed by atoms with E-state index in [0.29, 0.717) is 19.4 Å². The quantitative estimate of drug-likeness (QED) is 0.560. The Morgan fingerprint density at radius 1 is 1.32 bits per heavy atom. The predicted octanol–water partition coefficient (Wildman–Crippen LogP) is 1.57. The van der Waals surface area contributed by atoms with Gasteiger partial charge in [0.15, 0.2) is 5.15 Å². The van der Waals surface area contributed by atoms with E-state index in [1.54, 1.807) is 25.7 Å². The highest BCUT2D eigenvalue weighted by atomic mass is 35.5. The Balaban J connectivity index is 2.30. The molecule has 0 saturated carbocycles. The van der Waals surface area contributed by atoms with Crippen molar-refractivity contribution < 1.29 is 19.1 Å². The predicted molar refractivity (Wildman–Crippen MR) is 104 cm³/mol. The molecule has 28 heavy (non-hydrogen) atoms. The minimum absolute atomic E-state index is 0.0972. The number of ether oxygens (including phenoxy) is 2. The third-order valence-electron chi connectivity index (χ3n) is 4.21. The number of aromatic nitrogens is 2. The SMILES string of the molecule is COC(=O)Cn1c(N2CCC(C(=O)OC(C)(C)C)CC2N)nc(Cl)c(Cl)c1=O. The van der Waals surface area contributed by atoms with E-state index in [9.17, 15) is 14.4 Å². The van der Waals surface area contributed by atoms with Crippen molar-refractivity contribution in [2.75, 3.05) is 18.6 Å². The topological polar surface area (TPSA) is 117 Å². The molecule has 1 aliphatic heterocycles. The summed E-state index contributed by atoms with van der Waals surface area (Å²) in [4.78, 5) is 42.3. The number of hydrogen-bond acceptors (Lipinski definition) is 8. The van der Waals surface area contributed by atoms with Crippen LogP contribution in [-0.2, 0) is 25.6 Å². The van der Waals surface area contributed by atoms with E-state index in [-0.39, 0.29) is 28.0 Å². The Morgan fingerprint density at radius 3 is 2.50 bits per heavy atom. The minimum Gasteiger partial charge on any atom is -0.468 e. The molecule has 1 aliphatic rings. The molecule has 1 aromatic rings. The molecule has 0 aliphatic carbocycles. The molecule has 1 saturated heterocycles. The van der Waals surface area contributed by atoms with Crippen LogP contribution in [0, 0.1) is 5.92 Å². The average molecular weight is 435 g/mol. The number of nitrogens with zero attached hydrogens (tertiary/aromatic N) is 3. The number of piperidine rings is 1. The van der Waals surface area contributed by atoms with Crippen molar-refractivity contribution in [3.05, 3.63) is 20.5 Å². The molecular formula is C17H24Cl2N4O5. The first-order valence-corrected chi connectivity index (χ1v) is 9.48. The van der Waals surface area contributed by atoms with Crippen LogP contribution in [0.4, 0.5) is 5.95 Å². The van der Waals surface area contributed by atoms with Crippen molar-refractivity contribution in [3.63, 3.8) is 0 Å². The molecule has 2 heterocycles. The molecule has 2 N–H and O–H groups in total. The first kappa shape index (κ1) is 22.4. The lowest BCUT2D eigenvalue weighted by Crippen LogP contribution is -2.52. The lowest BCUT2D eigenvalue weighted by molar-refractivity contribution is -0.161. The van der Waals surface area contributed by atoms with Crippen LogP contribution in [0.2, 0.25) is 10.2 Å². The molecule has 0 bridgehead atoms. The number of nitrogens with two attached hydrogens (primary N) is 1. The van der Waals surface area contributed by atoms with Gasteiger partial charge in [-0.1, -0.05) is 23.2 Å². The zero-order valence-electron chi connectivity index (χ0n) is 16.2. The van der Waals surface area contributed by atoms with E-state index >= 15 is 0 Å². The Bertz CT molecular complexity index is 821. The van der Waals surface area contributed by atoms with Crippen LogP contribution in [0.25, 0.3) is 0 Å². The van der Waals surface area contributed by atoms with Gasteiger partial charge < -0.3 is 20.1 Å². The molecule has 11 heteroatoms. The van der Waals surface area contributed by atoms with Crippen molar-refractivity contribution in [1.29, 1.82) is 0 Å². The molecule has 0 aromatic carbocycles. The van der Waals surface area contributed by atoms with Gasteiger partial charge in [0.1, 0.15) is 17.2 Å². The second-order valence-corrected chi connectivity index (χ2v) is 8.24. The molecule has 0 spiro atoms. The maximum absolute atomic E-state index is 12.5. The molecule has 0 amide bonds. The van der Waals surface area contributed by atoms with Crippen molar-refractivity contribution in [2.45, 2.75) is 51.9 Å². The fourth-order valence-electron chi connectivity index (χ4n) is 2.90. The molecule has 0 radical (unpaired) electrons. The third-order valence-corrected chi connectivity index (χ3v) is 4.92. The number of esters is 2. The second-order valence-electron chi connectivity index (χ2n) is 7.50. The number of methoxy groups -OCH3 is 1. The fraction of sp³-hybridized carbons (Fsp3) is 0.647. The number of halogens is 2. The fourth-order valence-corrected chi connectivity index (χ4v) is 3.20. The maximum atomic E-state index is 12.5. The van der Waals surface area contributed by atoms with Gasteiger partial charge >= 0.3 is 11.9 Å². The smallest absolute Gasteiger partial charge is 0.325 e. The summed E-state index contributed by atoms with van der Waals surface area (Å²) in [5, 5.41) is -0.490. The summed E-state index contributed by atoms with van der Waals surface area (Å²) < 4.78 is 11.1. The monoisotopic (exact) mass is 434 g/mol. The van der Waals surface area contributed by atoms with Crippen LogP contribution in [-0.4, -0.2) is 46.9 Å². The highest BCUT2D eigenvalue weighted by molar-refractivity contribution is 6.41. The van der Waals surface area contributed by atoms with Gasteiger partial charge in [0, 0.05) is 6.54 Å². The summed E-state index contributed by atoms with van der Waals surface area (Å²) >= 11 is 11.9. The Labute approximate surface area is 172 Å². The van der Waals surface area contributed by atoms with E-state index in [4.69, 9.17) is 33.7 Å². The molecule has 1 aromatic heterocycles. The van der Waals surface area contributed by atoms with Gasteiger partial charge in [-0.2, -0.15) is 0 Å². The third kappa shape index (κ3) is 5.15. The van der Waals surface area contributed by atoms with Crippen molar-refractivity contribution in [2.24, 2.45) is 11.7 Å². The van der Waals surface area contributed by atoms with E-state index in [1.807, 2.05) is 0 Å². The summed E-state index contributed by atoms with van der Waals surface area (Å²) in [5.74, 6) is -1.26. The standard InChI is InChI=1S/C17H24Cl2N4O5/c1-17(2,3)28-15(26)9-5-6-22(10(20)7-9)16-21-13(19)12(18)14(25)23(16)8-11(24)27-4/h9-10H,5-8,20H2,1-4H3. The molecule has 2 rings (SSSR count). The lowest BCUT2D eigenvalue weighted by Gasteiger charge is -2.38. The van der Waals surface area contributed by atoms with Crippen LogP contribution in [0.1, 0.15) is 33.6 Å². The van der Waals surface area contributed by atoms with Crippen molar-refractivity contribution in [3.8, 4) is 0 Å². The Kier molecular flexibility index (Phi) is 6.95. The largest absolute Gasteiger partial charge is 0.468 e. The molecule has 2 unspecified atom stereocenters. The zero-order chi connectivity index (χ0) is 21.2. The van der Waals surface area contributed by atoms with Crippen LogP contribution >= 0.6 is 23.2 Å². The molecular weight excluding hydrogens is 411 g/mol. The lowest BCUT2D eigenvalue weighted by atomic mass is 9.94. The van der Waals surface area contributed by atoms with Crippen LogP contribution in [0.15, 0.2) is 4.79 Å². The number of anilines is 1. The summed E-state index contributed by atoms with van der Waals surface area (Å²) in [6.45, 7) is 5.31. The van der Waals surface area contributed by atoms with Crippen molar-refractivity contribution in [1.82, 2.24) is 9.55 Å². The van der Waals surface area contributed by atoms with E-state index in [1.165, 1.54) is 7.11 Å². The van der Waals surface area contributed by atoms with Crippen LogP contribution < -0.4 is 16.2 Å². The number of carbonyl (C=O) groups is 2. The zero-order valence-corrected chi connectivity index (χ0v) is 17.7. The van der Waals surface area contributed by atoms with Gasteiger partial charge in [-0.15, -0.1) is 0 Å². The Hall–Kier alpha value is -1.84. The van der Waals surface area contributed by atoms with Crippen molar-refractivity contribution >= 4 is 41.1 Å². The maximum Gasteiger partial charge on any atom is 0.325 e. The molecule has 9 nitrogen and oxygen atoms in total. The van der Waals surface area contributed by atoms with Gasteiger partial charge in [0.05, 0.1) is 19.2 Å². The Morgan fingerprint density at radius 2 is 1.96 bits per heavy atom. The van der Waals surface area contributed by atoms with Gasteiger partial charge in [-0.05, 0) is 33.6 Å². The average Bonchev–Trinajstić information content (AvgIpc) is 2.60. The highest BCUT2D eigenvalue weighted by Crippen LogP contribution is 2.28.